The summed E-state index contributed by atoms with van der Waals surface area (Å²) < 4.78 is 18.9. The summed E-state index contributed by atoms with van der Waals surface area (Å²) in [6.45, 7) is 5.94. The van der Waals surface area contributed by atoms with E-state index in [0.717, 1.165) is 42.7 Å². The average molecular weight is 273 g/mol. The Hall–Kier alpha value is -1.48. The molecule has 3 heteroatoms. The summed E-state index contributed by atoms with van der Waals surface area (Å²) in [4.78, 5) is 4.71. The van der Waals surface area contributed by atoms with Gasteiger partial charge in [-0.05, 0) is 42.5 Å². The first-order chi connectivity index (χ1) is 9.65. The Bertz CT molecular complexity index is 618. The van der Waals surface area contributed by atoms with Crippen LogP contribution in [0.4, 0.5) is 4.39 Å². The van der Waals surface area contributed by atoms with Crippen molar-refractivity contribution in [2.24, 2.45) is 0 Å². The fourth-order valence-corrected chi connectivity index (χ4v) is 2.93. The lowest BCUT2D eigenvalue weighted by Gasteiger charge is -2.23. The van der Waals surface area contributed by atoms with Gasteiger partial charge in [0, 0.05) is 36.3 Å². The Balaban J connectivity index is 2.13. The minimum atomic E-state index is -0.219. The van der Waals surface area contributed by atoms with Crippen LogP contribution in [0, 0.1) is 5.82 Å². The standard InChI is InChI=1S/C17H20FNO/c1-11(2)15-10-16(12-5-7-20-8-6-12)19-17-9-13(18)3-4-14(15)17/h3-4,9-12H,5-8H2,1-2H3. The van der Waals surface area contributed by atoms with Crippen LogP contribution in [-0.2, 0) is 4.74 Å². The summed E-state index contributed by atoms with van der Waals surface area (Å²) in [6, 6.07) is 7.12. The Kier molecular flexibility index (Phi) is 3.70. The minimum absolute atomic E-state index is 0.219. The van der Waals surface area contributed by atoms with E-state index < -0.39 is 0 Å². The van der Waals surface area contributed by atoms with E-state index >= 15 is 0 Å². The summed E-state index contributed by atoms with van der Waals surface area (Å²) in [5.41, 5.74) is 3.13. The number of benzene rings is 1. The van der Waals surface area contributed by atoms with Crippen LogP contribution in [0.2, 0.25) is 0 Å². The molecule has 1 aromatic heterocycles. The molecule has 0 bridgehead atoms. The highest BCUT2D eigenvalue weighted by atomic mass is 19.1. The zero-order valence-electron chi connectivity index (χ0n) is 12.0. The molecule has 0 amide bonds. The summed E-state index contributed by atoms with van der Waals surface area (Å²) in [5, 5.41) is 1.07. The van der Waals surface area contributed by atoms with E-state index in [1.165, 1.54) is 11.6 Å². The molecular formula is C17H20FNO. The third-order valence-electron chi connectivity index (χ3n) is 4.09. The molecule has 1 fully saturated rings. The second-order valence-corrected chi connectivity index (χ2v) is 5.84. The maximum Gasteiger partial charge on any atom is 0.125 e. The fourth-order valence-electron chi connectivity index (χ4n) is 2.93. The molecule has 3 rings (SSSR count). The second kappa shape index (κ2) is 5.49. The molecule has 1 aliphatic heterocycles. The third kappa shape index (κ3) is 2.55. The van der Waals surface area contributed by atoms with Gasteiger partial charge in [0.05, 0.1) is 5.52 Å². The Morgan fingerprint density at radius 1 is 1.20 bits per heavy atom. The molecule has 20 heavy (non-hydrogen) atoms. The first-order valence-corrected chi connectivity index (χ1v) is 7.33. The smallest absolute Gasteiger partial charge is 0.125 e. The summed E-state index contributed by atoms with van der Waals surface area (Å²) in [5.74, 6) is 0.627. The van der Waals surface area contributed by atoms with Gasteiger partial charge in [-0.1, -0.05) is 13.8 Å². The van der Waals surface area contributed by atoms with Gasteiger partial charge in [0.1, 0.15) is 5.82 Å². The van der Waals surface area contributed by atoms with E-state index in [4.69, 9.17) is 9.72 Å². The minimum Gasteiger partial charge on any atom is -0.381 e. The number of nitrogens with zero attached hydrogens (tertiary/aromatic N) is 1. The van der Waals surface area contributed by atoms with Crippen molar-refractivity contribution in [3.8, 4) is 0 Å². The van der Waals surface area contributed by atoms with Gasteiger partial charge < -0.3 is 4.74 Å². The van der Waals surface area contributed by atoms with Crippen LogP contribution >= 0.6 is 0 Å². The number of pyridine rings is 1. The summed E-state index contributed by atoms with van der Waals surface area (Å²) in [6.07, 6.45) is 2.01. The van der Waals surface area contributed by atoms with Gasteiger partial charge >= 0.3 is 0 Å². The van der Waals surface area contributed by atoms with E-state index in [1.807, 2.05) is 6.07 Å². The van der Waals surface area contributed by atoms with Gasteiger partial charge in [0.25, 0.3) is 0 Å². The first-order valence-electron chi connectivity index (χ1n) is 7.33. The van der Waals surface area contributed by atoms with Crippen molar-refractivity contribution in [3.63, 3.8) is 0 Å². The third-order valence-corrected chi connectivity index (χ3v) is 4.09. The van der Waals surface area contributed by atoms with Crippen LogP contribution in [0.3, 0.4) is 0 Å². The highest BCUT2D eigenvalue weighted by Crippen LogP contribution is 2.32. The molecule has 2 heterocycles. The molecule has 2 aromatic rings. The van der Waals surface area contributed by atoms with Gasteiger partial charge in [0.2, 0.25) is 0 Å². The Labute approximate surface area is 119 Å². The fraction of sp³-hybridized carbons (Fsp3) is 0.471. The van der Waals surface area contributed by atoms with Crippen molar-refractivity contribution < 1.29 is 9.13 Å². The number of hydrogen-bond donors (Lipinski definition) is 0. The van der Waals surface area contributed by atoms with Gasteiger partial charge in [0.15, 0.2) is 0 Å². The Morgan fingerprint density at radius 2 is 1.95 bits per heavy atom. The van der Waals surface area contributed by atoms with Gasteiger partial charge in [-0.2, -0.15) is 0 Å². The SMILES string of the molecule is CC(C)c1cc(C2CCOCC2)nc2cc(F)ccc12. The Morgan fingerprint density at radius 3 is 2.65 bits per heavy atom. The normalized spacial score (nSPS) is 17.0. The first kappa shape index (κ1) is 13.5. The summed E-state index contributed by atoms with van der Waals surface area (Å²) in [7, 11) is 0. The largest absolute Gasteiger partial charge is 0.381 e. The molecule has 0 atom stereocenters. The van der Waals surface area contributed by atoms with Crippen molar-refractivity contribution >= 4 is 10.9 Å². The molecule has 0 spiro atoms. The number of hydrogen-bond acceptors (Lipinski definition) is 2. The number of rotatable bonds is 2. The number of fused-ring (bicyclic) bond motifs is 1. The average Bonchev–Trinajstić information content (AvgIpc) is 2.46. The predicted molar refractivity (Wildman–Crippen MR) is 78.6 cm³/mol. The highest BCUT2D eigenvalue weighted by Gasteiger charge is 2.19. The van der Waals surface area contributed by atoms with Gasteiger partial charge in [-0.25, -0.2) is 4.39 Å². The van der Waals surface area contributed by atoms with Crippen LogP contribution in [-0.4, -0.2) is 18.2 Å². The zero-order valence-corrected chi connectivity index (χ0v) is 12.0. The van der Waals surface area contributed by atoms with E-state index in [2.05, 4.69) is 19.9 Å². The maximum atomic E-state index is 13.5. The molecule has 0 aliphatic carbocycles. The maximum absolute atomic E-state index is 13.5. The van der Waals surface area contributed by atoms with Gasteiger partial charge in [-0.3, -0.25) is 4.98 Å². The predicted octanol–water partition coefficient (Wildman–Crippen LogP) is 4.39. The molecule has 0 radical (unpaired) electrons. The van der Waals surface area contributed by atoms with E-state index in [0.29, 0.717) is 11.8 Å². The van der Waals surface area contributed by atoms with Gasteiger partial charge in [-0.15, -0.1) is 0 Å². The molecule has 0 unspecified atom stereocenters. The van der Waals surface area contributed by atoms with Crippen LogP contribution in [0.5, 0.6) is 0 Å². The molecule has 1 aromatic carbocycles. The van der Waals surface area contributed by atoms with E-state index in [9.17, 15) is 4.39 Å². The van der Waals surface area contributed by atoms with Crippen molar-refractivity contribution in [1.82, 2.24) is 4.98 Å². The van der Waals surface area contributed by atoms with Crippen LogP contribution < -0.4 is 0 Å². The van der Waals surface area contributed by atoms with Crippen LogP contribution in [0.1, 0.15) is 49.8 Å². The molecule has 0 saturated carbocycles. The topological polar surface area (TPSA) is 22.1 Å². The quantitative estimate of drug-likeness (QED) is 0.809. The van der Waals surface area contributed by atoms with Crippen LogP contribution in [0.25, 0.3) is 10.9 Å². The monoisotopic (exact) mass is 273 g/mol. The van der Waals surface area contributed by atoms with Crippen molar-refractivity contribution in [2.75, 3.05) is 13.2 Å². The van der Waals surface area contributed by atoms with E-state index in [-0.39, 0.29) is 5.82 Å². The van der Waals surface area contributed by atoms with Crippen molar-refractivity contribution in [2.45, 2.75) is 38.5 Å². The lowest BCUT2D eigenvalue weighted by molar-refractivity contribution is 0.0845. The van der Waals surface area contributed by atoms with Crippen molar-refractivity contribution in [1.29, 1.82) is 0 Å². The molecule has 2 nitrogen and oxygen atoms in total. The lowest BCUT2D eigenvalue weighted by Crippen LogP contribution is -2.15. The number of ether oxygens (including phenoxy) is 1. The molecule has 0 N–H and O–H groups in total. The molecule has 1 saturated heterocycles. The second-order valence-electron chi connectivity index (χ2n) is 5.84. The molecular weight excluding hydrogens is 253 g/mol. The number of halogens is 1. The van der Waals surface area contributed by atoms with Crippen LogP contribution in [0.15, 0.2) is 24.3 Å². The van der Waals surface area contributed by atoms with Crippen molar-refractivity contribution in [3.05, 3.63) is 41.3 Å². The lowest BCUT2D eigenvalue weighted by atomic mass is 9.91. The van der Waals surface area contributed by atoms with E-state index in [1.54, 1.807) is 6.07 Å². The molecule has 1 aliphatic rings. The highest BCUT2D eigenvalue weighted by molar-refractivity contribution is 5.83. The zero-order chi connectivity index (χ0) is 14.1. The summed E-state index contributed by atoms with van der Waals surface area (Å²) >= 11 is 0. The number of aromatic nitrogens is 1. The molecule has 106 valence electrons.